The first-order chi connectivity index (χ1) is 8.16. The van der Waals surface area contributed by atoms with Gasteiger partial charge in [0, 0.05) is 26.0 Å². The molecular weight excluding hydrogens is 214 g/mol. The van der Waals surface area contributed by atoms with Crippen molar-refractivity contribution >= 4 is 17.3 Å². The first-order valence-electron chi connectivity index (χ1n) is 5.29. The smallest absolute Gasteiger partial charge is 0.149 e. The van der Waals surface area contributed by atoms with Gasteiger partial charge in [0.25, 0.3) is 0 Å². The largest absolute Gasteiger partial charge is 0.396 e. The van der Waals surface area contributed by atoms with Crippen LogP contribution in [0.3, 0.4) is 0 Å². The Bertz CT molecular complexity index is 498. The lowest BCUT2D eigenvalue weighted by atomic mass is 10.2. The van der Waals surface area contributed by atoms with Crippen LogP contribution in [0.2, 0.25) is 0 Å². The van der Waals surface area contributed by atoms with E-state index in [0.717, 1.165) is 12.4 Å². The summed E-state index contributed by atoms with van der Waals surface area (Å²) in [6, 6.07) is 7.56. The van der Waals surface area contributed by atoms with Gasteiger partial charge in [-0.3, -0.25) is 4.98 Å². The van der Waals surface area contributed by atoms with E-state index >= 15 is 0 Å². The summed E-state index contributed by atoms with van der Waals surface area (Å²) >= 11 is 0. The highest BCUT2D eigenvalue weighted by Crippen LogP contribution is 2.18. The Morgan fingerprint density at radius 1 is 1.12 bits per heavy atom. The fourth-order valence-corrected chi connectivity index (χ4v) is 1.53. The van der Waals surface area contributed by atoms with Crippen molar-refractivity contribution in [3.63, 3.8) is 0 Å². The van der Waals surface area contributed by atoms with E-state index in [9.17, 15) is 0 Å². The maximum Gasteiger partial charge on any atom is 0.149 e. The predicted molar refractivity (Wildman–Crippen MR) is 69.4 cm³/mol. The molecule has 0 aliphatic carbocycles. The zero-order chi connectivity index (χ0) is 12.3. The van der Waals surface area contributed by atoms with Gasteiger partial charge in [-0.1, -0.05) is 0 Å². The van der Waals surface area contributed by atoms with Crippen molar-refractivity contribution in [2.45, 2.75) is 6.54 Å². The highest BCUT2D eigenvalue weighted by molar-refractivity contribution is 5.62. The van der Waals surface area contributed by atoms with Crippen molar-refractivity contribution in [1.29, 1.82) is 0 Å². The number of rotatable bonds is 3. The highest BCUT2D eigenvalue weighted by Gasteiger charge is 2.05. The zero-order valence-electron chi connectivity index (χ0n) is 9.67. The molecular formula is C12H15N5. The Morgan fingerprint density at radius 2 is 1.82 bits per heavy atom. The van der Waals surface area contributed by atoms with Gasteiger partial charge in [0.05, 0.1) is 5.69 Å². The molecule has 0 aliphatic rings. The van der Waals surface area contributed by atoms with Gasteiger partial charge >= 0.3 is 0 Å². The van der Waals surface area contributed by atoms with Crippen molar-refractivity contribution in [2.75, 3.05) is 23.4 Å². The van der Waals surface area contributed by atoms with E-state index in [2.05, 4.69) is 9.97 Å². The molecule has 0 aromatic carbocycles. The van der Waals surface area contributed by atoms with Crippen LogP contribution in [0.1, 0.15) is 5.56 Å². The number of nitrogens with zero attached hydrogens (tertiary/aromatic N) is 3. The molecule has 0 atom stereocenters. The molecule has 5 heteroatoms. The van der Waals surface area contributed by atoms with E-state index in [1.165, 1.54) is 5.56 Å². The quantitative estimate of drug-likeness (QED) is 0.828. The number of nitrogens with two attached hydrogens (primary N) is 2. The van der Waals surface area contributed by atoms with Gasteiger partial charge in [-0.05, 0) is 29.8 Å². The van der Waals surface area contributed by atoms with Crippen LogP contribution in [-0.2, 0) is 6.54 Å². The second kappa shape index (κ2) is 4.69. The molecule has 2 heterocycles. The number of hydrogen-bond acceptors (Lipinski definition) is 5. The molecule has 0 saturated heterocycles. The number of aromatic nitrogens is 2. The van der Waals surface area contributed by atoms with Gasteiger partial charge in [0.1, 0.15) is 11.6 Å². The van der Waals surface area contributed by atoms with E-state index in [4.69, 9.17) is 11.5 Å². The summed E-state index contributed by atoms with van der Waals surface area (Å²) in [7, 11) is 1.96. The Balaban J connectivity index is 2.14. The predicted octanol–water partition coefficient (Wildman–Crippen LogP) is 1.28. The van der Waals surface area contributed by atoms with Crippen molar-refractivity contribution in [2.24, 2.45) is 0 Å². The summed E-state index contributed by atoms with van der Waals surface area (Å²) in [4.78, 5) is 10.2. The van der Waals surface area contributed by atoms with Gasteiger partial charge < -0.3 is 16.4 Å². The van der Waals surface area contributed by atoms with E-state index in [1.807, 2.05) is 30.1 Å². The molecule has 5 nitrogen and oxygen atoms in total. The van der Waals surface area contributed by atoms with Gasteiger partial charge in [0.2, 0.25) is 0 Å². The van der Waals surface area contributed by atoms with Crippen LogP contribution < -0.4 is 16.4 Å². The third kappa shape index (κ3) is 2.63. The maximum absolute atomic E-state index is 5.68. The molecule has 2 aromatic heterocycles. The highest BCUT2D eigenvalue weighted by atomic mass is 15.2. The summed E-state index contributed by atoms with van der Waals surface area (Å²) < 4.78 is 0. The van der Waals surface area contributed by atoms with Crippen LogP contribution in [0.5, 0.6) is 0 Å². The van der Waals surface area contributed by atoms with Gasteiger partial charge in [-0.15, -0.1) is 0 Å². The maximum atomic E-state index is 5.68. The average Bonchev–Trinajstić information content (AvgIpc) is 2.34. The standard InChI is InChI=1S/C12H15N5/c1-17(8-9-4-6-15-7-5-9)11-3-2-10(13)12(14)16-11/h2-7H,8,13H2,1H3,(H2,14,16). The van der Waals surface area contributed by atoms with Crippen LogP contribution in [-0.4, -0.2) is 17.0 Å². The third-order valence-electron chi connectivity index (χ3n) is 2.50. The molecule has 0 spiro atoms. The first kappa shape index (κ1) is 11.2. The summed E-state index contributed by atoms with van der Waals surface area (Å²) in [5.41, 5.74) is 13.0. The normalized spacial score (nSPS) is 10.2. The molecule has 0 unspecified atom stereocenters. The van der Waals surface area contributed by atoms with Crippen molar-refractivity contribution < 1.29 is 0 Å². The molecule has 4 N–H and O–H groups in total. The molecule has 2 rings (SSSR count). The third-order valence-corrected chi connectivity index (χ3v) is 2.50. The lowest BCUT2D eigenvalue weighted by molar-refractivity contribution is 0.897. The Kier molecular flexibility index (Phi) is 3.09. The topological polar surface area (TPSA) is 81.1 Å². The van der Waals surface area contributed by atoms with Gasteiger partial charge in [-0.25, -0.2) is 4.98 Å². The molecule has 0 aliphatic heterocycles. The van der Waals surface area contributed by atoms with Crippen LogP contribution in [0, 0.1) is 0 Å². The number of nitrogen functional groups attached to an aromatic ring is 2. The minimum absolute atomic E-state index is 0.365. The van der Waals surface area contributed by atoms with E-state index in [1.54, 1.807) is 18.5 Å². The van der Waals surface area contributed by atoms with Crippen LogP contribution in [0.25, 0.3) is 0 Å². The minimum atomic E-state index is 0.365. The average molecular weight is 229 g/mol. The molecule has 2 aromatic rings. The van der Waals surface area contributed by atoms with Crippen molar-refractivity contribution in [3.05, 3.63) is 42.2 Å². The molecule has 0 bridgehead atoms. The molecule has 88 valence electrons. The Morgan fingerprint density at radius 3 is 2.47 bits per heavy atom. The van der Waals surface area contributed by atoms with E-state index in [-0.39, 0.29) is 0 Å². The second-order valence-electron chi connectivity index (χ2n) is 3.86. The second-order valence-corrected chi connectivity index (χ2v) is 3.86. The summed E-state index contributed by atoms with van der Waals surface area (Å²) in [6.45, 7) is 0.749. The molecule has 17 heavy (non-hydrogen) atoms. The first-order valence-corrected chi connectivity index (χ1v) is 5.29. The Labute approximate surface area is 100 Å². The molecule has 0 radical (unpaired) electrons. The van der Waals surface area contributed by atoms with Crippen molar-refractivity contribution in [3.8, 4) is 0 Å². The summed E-state index contributed by atoms with van der Waals surface area (Å²) in [6.07, 6.45) is 3.54. The van der Waals surface area contributed by atoms with E-state index < -0.39 is 0 Å². The molecule has 0 saturated carbocycles. The molecule has 0 amide bonds. The number of pyridine rings is 2. The SMILES string of the molecule is CN(Cc1ccncc1)c1ccc(N)c(N)n1. The Hall–Kier alpha value is -2.30. The van der Waals surface area contributed by atoms with Crippen molar-refractivity contribution in [1.82, 2.24) is 9.97 Å². The van der Waals surface area contributed by atoms with Gasteiger partial charge in [0.15, 0.2) is 0 Å². The van der Waals surface area contributed by atoms with Crippen LogP contribution >= 0.6 is 0 Å². The lowest BCUT2D eigenvalue weighted by Gasteiger charge is -2.18. The minimum Gasteiger partial charge on any atom is -0.396 e. The lowest BCUT2D eigenvalue weighted by Crippen LogP contribution is -2.18. The molecule has 0 fully saturated rings. The number of anilines is 3. The van der Waals surface area contributed by atoms with E-state index in [0.29, 0.717) is 11.5 Å². The monoisotopic (exact) mass is 229 g/mol. The zero-order valence-corrected chi connectivity index (χ0v) is 9.67. The fraction of sp³-hybridized carbons (Fsp3) is 0.167. The summed E-state index contributed by atoms with van der Waals surface area (Å²) in [5.74, 6) is 1.16. The van der Waals surface area contributed by atoms with Crippen LogP contribution in [0.15, 0.2) is 36.7 Å². The van der Waals surface area contributed by atoms with Crippen LogP contribution in [0.4, 0.5) is 17.3 Å². The summed E-state index contributed by atoms with van der Waals surface area (Å²) in [5, 5.41) is 0. The number of hydrogen-bond donors (Lipinski definition) is 2. The fourth-order valence-electron chi connectivity index (χ4n) is 1.53. The van der Waals surface area contributed by atoms with Gasteiger partial charge in [-0.2, -0.15) is 0 Å².